The third-order valence-electron chi connectivity index (χ3n) is 3.29. The Morgan fingerprint density at radius 2 is 2.09 bits per heavy atom. The zero-order valence-electron chi connectivity index (χ0n) is 12.7. The molecule has 1 atom stereocenters. The van der Waals surface area contributed by atoms with Crippen LogP contribution in [-0.2, 0) is 16.0 Å². The van der Waals surface area contributed by atoms with E-state index in [0.717, 1.165) is 11.0 Å². The summed E-state index contributed by atoms with van der Waals surface area (Å²) in [6, 6.07) is 2.31. The first-order chi connectivity index (χ1) is 10.2. The van der Waals surface area contributed by atoms with Crippen molar-refractivity contribution in [2.75, 3.05) is 6.54 Å². The van der Waals surface area contributed by atoms with E-state index >= 15 is 0 Å². The van der Waals surface area contributed by atoms with Crippen LogP contribution in [0.1, 0.15) is 32.8 Å². The van der Waals surface area contributed by atoms with Gasteiger partial charge in [-0.3, -0.25) is 4.79 Å². The molecule has 1 aliphatic heterocycles. The highest BCUT2D eigenvalue weighted by Gasteiger charge is 2.38. The number of nitrogens with zero attached hydrogens (tertiary/aromatic N) is 2. The van der Waals surface area contributed by atoms with Crippen LogP contribution in [0.25, 0.3) is 0 Å². The predicted molar refractivity (Wildman–Crippen MR) is 73.9 cm³/mol. The molecule has 1 unspecified atom stereocenters. The van der Waals surface area contributed by atoms with Crippen molar-refractivity contribution < 1.29 is 23.1 Å². The molecule has 22 heavy (non-hydrogen) atoms. The fourth-order valence-corrected chi connectivity index (χ4v) is 2.29. The normalized spacial score (nSPS) is 18.7. The van der Waals surface area contributed by atoms with Gasteiger partial charge in [0, 0.05) is 18.0 Å². The van der Waals surface area contributed by atoms with Crippen LogP contribution in [0.3, 0.4) is 0 Å². The molecule has 1 aromatic rings. The minimum Gasteiger partial charge on any atom is -0.443 e. The van der Waals surface area contributed by atoms with Gasteiger partial charge < -0.3 is 4.74 Å². The fourth-order valence-electron chi connectivity index (χ4n) is 2.29. The smallest absolute Gasteiger partial charge is 0.417 e. The predicted octanol–water partition coefficient (Wildman–Crippen LogP) is 2.69. The molecule has 1 aliphatic rings. The third kappa shape index (κ3) is 3.78. The Balaban J connectivity index is 2.04. The molecule has 0 aromatic carbocycles. The van der Waals surface area contributed by atoms with Crippen molar-refractivity contribution in [1.29, 1.82) is 0 Å². The Hall–Kier alpha value is -2.05. The van der Waals surface area contributed by atoms with E-state index < -0.39 is 35.4 Å². The van der Waals surface area contributed by atoms with Gasteiger partial charge in [0.15, 0.2) is 0 Å². The zero-order chi connectivity index (χ0) is 16.5. The third-order valence-corrected chi connectivity index (χ3v) is 3.29. The molecule has 2 heterocycles. The highest BCUT2D eigenvalue weighted by atomic mass is 19.1. The van der Waals surface area contributed by atoms with Crippen molar-refractivity contribution in [1.82, 2.24) is 9.88 Å². The van der Waals surface area contributed by atoms with Gasteiger partial charge in [-0.15, -0.1) is 0 Å². The molecule has 0 saturated carbocycles. The molecule has 2 amide bonds. The maximum absolute atomic E-state index is 13.5. The van der Waals surface area contributed by atoms with Gasteiger partial charge in [0.25, 0.3) is 0 Å². The first-order valence-electron chi connectivity index (χ1n) is 7.02. The van der Waals surface area contributed by atoms with E-state index in [1.165, 1.54) is 6.07 Å². The van der Waals surface area contributed by atoms with E-state index in [9.17, 15) is 18.4 Å². The molecule has 0 spiro atoms. The average Bonchev–Trinajstić information content (AvgIpc) is 2.72. The lowest BCUT2D eigenvalue weighted by Gasteiger charge is -2.23. The summed E-state index contributed by atoms with van der Waals surface area (Å²) in [5.41, 5.74) is -0.534. The highest BCUT2D eigenvalue weighted by molar-refractivity contribution is 5.95. The minimum absolute atomic E-state index is 0.0806. The van der Waals surface area contributed by atoms with Crippen LogP contribution in [0.4, 0.5) is 13.6 Å². The second-order valence-corrected chi connectivity index (χ2v) is 6.24. The van der Waals surface area contributed by atoms with Crippen LogP contribution in [0, 0.1) is 17.8 Å². The summed E-state index contributed by atoms with van der Waals surface area (Å²) >= 11 is 0. The number of hydrogen-bond acceptors (Lipinski definition) is 4. The van der Waals surface area contributed by atoms with Crippen LogP contribution in [0.2, 0.25) is 0 Å². The van der Waals surface area contributed by atoms with E-state index in [1.807, 2.05) is 0 Å². The molecule has 5 nitrogen and oxygen atoms in total. The van der Waals surface area contributed by atoms with Crippen LogP contribution in [0.5, 0.6) is 0 Å². The maximum Gasteiger partial charge on any atom is 0.417 e. The van der Waals surface area contributed by atoms with Crippen molar-refractivity contribution in [3.63, 3.8) is 0 Å². The maximum atomic E-state index is 13.5. The standard InChI is InChI=1S/C15H18F2N2O3/c1-15(2,3)22-14(21)19-7-6-10(13(19)20)8-9-4-5-11(16)18-12(9)17/h4-5,10H,6-8H2,1-3H3. The number of hydrogen-bond donors (Lipinski definition) is 0. The lowest BCUT2D eigenvalue weighted by atomic mass is 9.99. The second-order valence-electron chi connectivity index (χ2n) is 6.24. The topological polar surface area (TPSA) is 59.5 Å². The lowest BCUT2D eigenvalue weighted by molar-refractivity contribution is -0.130. The molecule has 120 valence electrons. The summed E-state index contributed by atoms with van der Waals surface area (Å²) in [5.74, 6) is -2.77. The minimum atomic E-state index is -0.927. The zero-order valence-corrected chi connectivity index (χ0v) is 12.7. The molecule has 0 N–H and O–H groups in total. The van der Waals surface area contributed by atoms with Gasteiger partial charge in [-0.2, -0.15) is 13.8 Å². The quantitative estimate of drug-likeness (QED) is 0.788. The Labute approximate surface area is 127 Å². The number of carbonyl (C=O) groups excluding carboxylic acids is 2. The van der Waals surface area contributed by atoms with E-state index in [-0.39, 0.29) is 18.5 Å². The van der Waals surface area contributed by atoms with Crippen molar-refractivity contribution in [2.24, 2.45) is 5.92 Å². The van der Waals surface area contributed by atoms with Gasteiger partial charge in [-0.1, -0.05) is 0 Å². The monoisotopic (exact) mass is 312 g/mol. The molecular formula is C15H18F2N2O3. The van der Waals surface area contributed by atoms with Gasteiger partial charge >= 0.3 is 6.09 Å². The van der Waals surface area contributed by atoms with Crippen molar-refractivity contribution in [3.05, 3.63) is 29.6 Å². The number of ether oxygens (including phenoxy) is 1. The van der Waals surface area contributed by atoms with Crippen LogP contribution in [-0.4, -0.2) is 34.0 Å². The molecule has 7 heteroatoms. The number of likely N-dealkylation sites (tertiary alicyclic amines) is 1. The summed E-state index contributed by atoms with van der Waals surface area (Å²) < 4.78 is 31.5. The Kier molecular flexibility index (Phi) is 4.44. The Morgan fingerprint density at radius 1 is 1.41 bits per heavy atom. The SMILES string of the molecule is CC(C)(C)OC(=O)N1CCC(Cc2ccc(F)nc2F)C1=O. The molecular weight excluding hydrogens is 294 g/mol. The van der Waals surface area contributed by atoms with Crippen LogP contribution >= 0.6 is 0 Å². The summed E-state index contributed by atoms with van der Waals surface area (Å²) in [4.78, 5) is 28.3. The second kappa shape index (κ2) is 5.98. The summed E-state index contributed by atoms with van der Waals surface area (Å²) in [6.45, 7) is 5.36. The number of aromatic nitrogens is 1. The van der Waals surface area contributed by atoms with Gasteiger partial charge in [-0.05, 0) is 45.7 Å². The lowest BCUT2D eigenvalue weighted by Crippen LogP contribution is -2.38. The van der Waals surface area contributed by atoms with E-state index in [4.69, 9.17) is 4.74 Å². The van der Waals surface area contributed by atoms with Crippen LogP contribution < -0.4 is 0 Å². The summed E-state index contributed by atoms with van der Waals surface area (Å²) in [7, 11) is 0. The van der Waals surface area contributed by atoms with E-state index in [2.05, 4.69) is 4.98 Å². The van der Waals surface area contributed by atoms with Gasteiger partial charge in [0.05, 0.1) is 0 Å². The molecule has 0 bridgehead atoms. The number of imide groups is 1. The molecule has 2 rings (SSSR count). The Bertz CT molecular complexity index is 599. The molecule has 1 saturated heterocycles. The molecule has 1 fully saturated rings. The number of amides is 2. The van der Waals surface area contributed by atoms with E-state index in [1.54, 1.807) is 20.8 Å². The van der Waals surface area contributed by atoms with Gasteiger partial charge in [0.1, 0.15) is 5.60 Å². The Morgan fingerprint density at radius 3 is 2.68 bits per heavy atom. The molecule has 1 aromatic heterocycles. The van der Waals surface area contributed by atoms with Gasteiger partial charge in [-0.25, -0.2) is 9.69 Å². The highest BCUT2D eigenvalue weighted by Crippen LogP contribution is 2.25. The number of rotatable bonds is 2. The average molecular weight is 312 g/mol. The van der Waals surface area contributed by atoms with Crippen molar-refractivity contribution >= 4 is 12.0 Å². The van der Waals surface area contributed by atoms with E-state index in [0.29, 0.717) is 6.42 Å². The number of carbonyl (C=O) groups is 2. The van der Waals surface area contributed by atoms with Crippen molar-refractivity contribution in [2.45, 2.75) is 39.2 Å². The first-order valence-corrected chi connectivity index (χ1v) is 7.02. The molecule has 0 radical (unpaired) electrons. The molecule has 0 aliphatic carbocycles. The largest absolute Gasteiger partial charge is 0.443 e. The fraction of sp³-hybridized carbons (Fsp3) is 0.533. The van der Waals surface area contributed by atoms with Crippen molar-refractivity contribution in [3.8, 4) is 0 Å². The first kappa shape index (κ1) is 16.3. The van der Waals surface area contributed by atoms with Gasteiger partial charge in [0.2, 0.25) is 17.8 Å². The number of pyridine rings is 1. The summed E-state index contributed by atoms with van der Waals surface area (Å²) in [6.07, 6.45) is -0.204. The summed E-state index contributed by atoms with van der Waals surface area (Å²) in [5, 5.41) is 0. The number of halogens is 2. The van der Waals surface area contributed by atoms with Crippen LogP contribution in [0.15, 0.2) is 12.1 Å².